The molecule has 0 unspecified atom stereocenters. The van der Waals surface area contributed by atoms with Crippen molar-refractivity contribution in [3.05, 3.63) is 42.0 Å². The molecule has 0 fully saturated rings. The normalized spacial score (nSPS) is 10.4. The molecule has 0 aliphatic heterocycles. The van der Waals surface area contributed by atoms with E-state index >= 15 is 0 Å². The summed E-state index contributed by atoms with van der Waals surface area (Å²) in [6.45, 7) is 2.99. The maximum Gasteiger partial charge on any atom is 0.335 e. The number of benzene rings is 2. The molecule has 0 heterocycles. The van der Waals surface area contributed by atoms with Crippen LogP contribution in [0, 0.1) is 0 Å². The van der Waals surface area contributed by atoms with Gasteiger partial charge in [0.1, 0.15) is 5.75 Å². The Morgan fingerprint density at radius 3 is 2.16 bits per heavy atom. The van der Waals surface area contributed by atoms with Crippen molar-refractivity contribution in [2.24, 2.45) is 0 Å². The largest absolute Gasteiger partial charge is 0.494 e. The molecule has 0 radical (unpaired) electrons. The van der Waals surface area contributed by atoms with Crippen LogP contribution in [0.15, 0.2) is 36.4 Å². The number of carboxylic acids is 1. The smallest absolute Gasteiger partial charge is 0.335 e. The molecule has 0 saturated carbocycles. The quantitative estimate of drug-likeness (QED) is 0.464. The molecule has 2 rings (SSSR count). The van der Waals surface area contributed by atoms with E-state index in [1.807, 2.05) is 24.3 Å². The van der Waals surface area contributed by atoms with Crippen LogP contribution in [0.1, 0.15) is 68.6 Å². The zero-order valence-electron chi connectivity index (χ0n) is 15.0. The molecule has 0 aliphatic rings. The van der Waals surface area contributed by atoms with E-state index in [2.05, 4.69) is 6.92 Å². The number of hydrogen-bond acceptors (Lipinski definition) is 2. The minimum atomic E-state index is -0.896. The molecule has 0 amide bonds. The van der Waals surface area contributed by atoms with Crippen molar-refractivity contribution in [3.63, 3.8) is 0 Å². The Morgan fingerprint density at radius 2 is 1.48 bits per heavy atom. The first-order valence-electron chi connectivity index (χ1n) is 9.10. The second-order valence-corrected chi connectivity index (χ2v) is 6.35. The van der Waals surface area contributed by atoms with Gasteiger partial charge >= 0.3 is 5.97 Å². The lowest BCUT2D eigenvalue weighted by Crippen LogP contribution is -1.98. The summed E-state index contributed by atoms with van der Waals surface area (Å²) < 4.78 is 5.82. The monoisotopic (exact) mass is 364 g/mol. The van der Waals surface area contributed by atoms with Crippen molar-refractivity contribution in [3.8, 4) is 5.75 Å². The van der Waals surface area contributed by atoms with Crippen molar-refractivity contribution >= 4 is 29.1 Å². The van der Waals surface area contributed by atoms with E-state index in [-0.39, 0.29) is 12.4 Å². The Balaban J connectivity index is 0.00000312. The summed E-state index contributed by atoms with van der Waals surface area (Å²) in [5.41, 5.74) is 0.315. The minimum absolute atomic E-state index is 0. The molecule has 3 nitrogen and oxygen atoms in total. The lowest BCUT2D eigenvalue weighted by Gasteiger charge is -2.08. The van der Waals surface area contributed by atoms with Gasteiger partial charge in [0, 0.05) is 0 Å². The summed E-state index contributed by atoms with van der Waals surface area (Å²) in [6, 6.07) is 11.0. The van der Waals surface area contributed by atoms with Crippen LogP contribution in [0.2, 0.25) is 0 Å². The van der Waals surface area contributed by atoms with Crippen molar-refractivity contribution in [1.29, 1.82) is 0 Å². The third-order valence-electron chi connectivity index (χ3n) is 4.33. The molecule has 2 aromatic rings. The first-order chi connectivity index (χ1) is 11.7. The van der Waals surface area contributed by atoms with Crippen molar-refractivity contribution in [2.45, 2.75) is 58.3 Å². The van der Waals surface area contributed by atoms with E-state index in [1.54, 1.807) is 12.1 Å². The van der Waals surface area contributed by atoms with Crippen molar-refractivity contribution in [2.75, 3.05) is 6.61 Å². The third kappa shape index (κ3) is 7.35. The number of halogens is 1. The number of unbranched alkanes of at least 4 members (excludes halogenated alkanes) is 7. The zero-order chi connectivity index (χ0) is 17.2. The van der Waals surface area contributed by atoms with Crippen LogP contribution in [0.5, 0.6) is 5.75 Å². The topological polar surface area (TPSA) is 46.5 Å². The highest BCUT2D eigenvalue weighted by Gasteiger charge is 2.04. The van der Waals surface area contributed by atoms with Gasteiger partial charge in [-0.1, -0.05) is 64.0 Å². The van der Waals surface area contributed by atoms with Gasteiger partial charge in [0.05, 0.1) is 12.2 Å². The summed E-state index contributed by atoms with van der Waals surface area (Å²) in [5.74, 6) is -0.0413. The van der Waals surface area contributed by atoms with Gasteiger partial charge in [-0.2, -0.15) is 0 Å². The molecular weight excluding hydrogens is 336 g/mol. The molecular formula is C21H29ClO3. The second kappa shape index (κ2) is 11.8. The van der Waals surface area contributed by atoms with Gasteiger partial charge in [-0.25, -0.2) is 4.79 Å². The van der Waals surface area contributed by atoms with E-state index < -0.39 is 5.97 Å². The van der Waals surface area contributed by atoms with Gasteiger partial charge in [-0.15, -0.1) is 12.4 Å². The lowest BCUT2D eigenvalue weighted by molar-refractivity contribution is 0.0697. The summed E-state index contributed by atoms with van der Waals surface area (Å²) in [6.07, 6.45) is 10.3. The number of ether oxygens (including phenoxy) is 1. The molecule has 0 aromatic heterocycles. The fourth-order valence-electron chi connectivity index (χ4n) is 2.87. The molecule has 0 bridgehead atoms. The van der Waals surface area contributed by atoms with E-state index in [0.29, 0.717) is 5.56 Å². The fraction of sp³-hybridized carbons (Fsp3) is 0.476. The third-order valence-corrected chi connectivity index (χ3v) is 4.33. The molecule has 0 atom stereocenters. The van der Waals surface area contributed by atoms with Crippen LogP contribution in [-0.2, 0) is 0 Å². The number of carboxylic acid groups (broad SMARTS) is 1. The Morgan fingerprint density at radius 1 is 0.880 bits per heavy atom. The molecule has 2 aromatic carbocycles. The predicted molar refractivity (Wildman–Crippen MR) is 106 cm³/mol. The van der Waals surface area contributed by atoms with Crippen LogP contribution >= 0.6 is 12.4 Å². The number of rotatable bonds is 11. The highest BCUT2D eigenvalue weighted by atomic mass is 35.5. The number of aromatic carboxylic acids is 1. The maximum atomic E-state index is 11.0. The first-order valence-corrected chi connectivity index (χ1v) is 9.10. The van der Waals surface area contributed by atoms with E-state index in [9.17, 15) is 4.79 Å². The van der Waals surface area contributed by atoms with E-state index in [4.69, 9.17) is 9.84 Å². The molecule has 0 spiro atoms. The van der Waals surface area contributed by atoms with Crippen LogP contribution < -0.4 is 4.74 Å². The Kier molecular flexibility index (Phi) is 10.0. The SMILES string of the molecule is CCCCCCCCCCOc1ccc2cc(C(=O)O)ccc2c1.Cl. The van der Waals surface area contributed by atoms with Gasteiger partial charge in [0.2, 0.25) is 0 Å². The Hall–Kier alpha value is -1.74. The van der Waals surface area contributed by atoms with Gasteiger partial charge in [0.15, 0.2) is 0 Å². The highest BCUT2D eigenvalue weighted by Crippen LogP contribution is 2.22. The van der Waals surface area contributed by atoms with Gasteiger partial charge < -0.3 is 9.84 Å². The number of fused-ring (bicyclic) bond motifs is 1. The summed E-state index contributed by atoms with van der Waals surface area (Å²) >= 11 is 0. The minimum Gasteiger partial charge on any atom is -0.494 e. The Bertz CT molecular complexity index is 655. The Labute approximate surface area is 156 Å². The van der Waals surface area contributed by atoms with Crippen LogP contribution in [0.25, 0.3) is 10.8 Å². The van der Waals surface area contributed by atoms with E-state index in [0.717, 1.165) is 29.5 Å². The predicted octanol–water partition coefficient (Wildman–Crippen LogP) is 6.48. The number of hydrogen-bond donors (Lipinski definition) is 1. The van der Waals surface area contributed by atoms with Gasteiger partial charge in [-0.05, 0) is 41.5 Å². The summed E-state index contributed by atoms with van der Waals surface area (Å²) in [7, 11) is 0. The average Bonchev–Trinajstić information content (AvgIpc) is 2.59. The molecule has 0 saturated heterocycles. The van der Waals surface area contributed by atoms with E-state index in [1.165, 1.54) is 44.9 Å². The maximum absolute atomic E-state index is 11.0. The standard InChI is InChI=1S/C21H28O3.ClH/c1-2-3-4-5-6-7-8-9-14-24-20-13-12-17-15-19(21(22)23)11-10-18(17)16-20;/h10-13,15-16H,2-9,14H2,1H3,(H,22,23);1H. The van der Waals surface area contributed by atoms with Crippen LogP contribution in [0.4, 0.5) is 0 Å². The second-order valence-electron chi connectivity index (χ2n) is 6.35. The molecule has 138 valence electrons. The molecule has 4 heteroatoms. The van der Waals surface area contributed by atoms with Gasteiger partial charge in [-0.3, -0.25) is 0 Å². The van der Waals surface area contributed by atoms with Crippen LogP contribution in [0.3, 0.4) is 0 Å². The first kappa shape index (κ1) is 21.3. The number of carbonyl (C=O) groups is 1. The zero-order valence-corrected chi connectivity index (χ0v) is 15.8. The van der Waals surface area contributed by atoms with Crippen molar-refractivity contribution in [1.82, 2.24) is 0 Å². The molecule has 25 heavy (non-hydrogen) atoms. The van der Waals surface area contributed by atoms with Gasteiger partial charge in [0.25, 0.3) is 0 Å². The van der Waals surface area contributed by atoms with Crippen molar-refractivity contribution < 1.29 is 14.6 Å². The summed E-state index contributed by atoms with van der Waals surface area (Å²) in [5, 5.41) is 11.0. The average molecular weight is 365 g/mol. The molecule has 1 N–H and O–H groups in total. The lowest BCUT2D eigenvalue weighted by atomic mass is 10.1. The summed E-state index contributed by atoms with van der Waals surface area (Å²) in [4.78, 5) is 11.0. The highest BCUT2D eigenvalue weighted by molar-refractivity contribution is 5.94. The molecule has 0 aliphatic carbocycles. The van der Waals surface area contributed by atoms with Crippen LogP contribution in [-0.4, -0.2) is 17.7 Å². The fourth-order valence-corrected chi connectivity index (χ4v) is 2.87.